The van der Waals surface area contributed by atoms with Gasteiger partial charge in [0.1, 0.15) is 0 Å². The van der Waals surface area contributed by atoms with Crippen molar-refractivity contribution in [2.75, 3.05) is 6.61 Å². The molecule has 3 rings (SSSR count). The monoisotopic (exact) mass is 398 g/mol. The second-order valence-corrected chi connectivity index (χ2v) is 8.44. The molecule has 3 nitrogen and oxygen atoms in total. The maximum absolute atomic E-state index is 14.3. The second-order valence-electron chi connectivity index (χ2n) is 8.44. The molecule has 0 amide bonds. The van der Waals surface area contributed by atoms with E-state index >= 15 is 0 Å². The van der Waals surface area contributed by atoms with Gasteiger partial charge in [0.25, 0.3) is 0 Å². The molecule has 2 aromatic rings. The second kappa shape index (κ2) is 11.3. The Labute approximate surface area is 175 Å². The standard InChI is InChI=1S/C25H35FN2O/c1-3-5-6-17-29-25-16-12-21(18-23(25)26)24-15-14-22(27-28-24)13-11-20-9-7-19(4-2)8-10-20/h12,14-16,18-20H,3-11,13,17H2,1-2H3. The number of halogens is 1. The lowest BCUT2D eigenvalue weighted by Gasteiger charge is -2.27. The average Bonchev–Trinajstić information content (AvgIpc) is 2.77. The minimum atomic E-state index is -0.340. The van der Waals surface area contributed by atoms with E-state index in [1.54, 1.807) is 6.07 Å². The zero-order valence-corrected chi connectivity index (χ0v) is 18.0. The van der Waals surface area contributed by atoms with Gasteiger partial charge in [-0.1, -0.05) is 58.8 Å². The minimum absolute atomic E-state index is 0.312. The van der Waals surface area contributed by atoms with Gasteiger partial charge in [0.15, 0.2) is 11.6 Å². The predicted octanol–water partition coefficient (Wildman–Crippen LogP) is 7.00. The van der Waals surface area contributed by atoms with E-state index in [0.717, 1.165) is 48.8 Å². The van der Waals surface area contributed by atoms with Gasteiger partial charge >= 0.3 is 0 Å². The summed E-state index contributed by atoms with van der Waals surface area (Å²) in [6.45, 7) is 5.00. The van der Waals surface area contributed by atoms with Crippen molar-refractivity contribution in [2.45, 2.75) is 78.1 Å². The van der Waals surface area contributed by atoms with Crippen molar-refractivity contribution < 1.29 is 9.13 Å². The minimum Gasteiger partial charge on any atom is -0.491 e. The number of nitrogens with zero attached hydrogens (tertiary/aromatic N) is 2. The van der Waals surface area contributed by atoms with Crippen LogP contribution in [-0.2, 0) is 6.42 Å². The highest BCUT2D eigenvalue weighted by Crippen LogP contribution is 2.33. The first-order valence-electron chi connectivity index (χ1n) is 11.4. The Morgan fingerprint density at radius 2 is 1.76 bits per heavy atom. The summed E-state index contributed by atoms with van der Waals surface area (Å²) in [4.78, 5) is 0. The van der Waals surface area contributed by atoms with Crippen LogP contribution in [-0.4, -0.2) is 16.8 Å². The molecule has 0 aliphatic heterocycles. The molecule has 0 unspecified atom stereocenters. The number of aromatic nitrogens is 2. The molecule has 1 saturated carbocycles. The third kappa shape index (κ3) is 6.52. The van der Waals surface area contributed by atoms with E-state index in [2.05, 4.69) is 24.0 Å². The van der Waals surface area contributed by atoms with E-state index in [0.29, 0.717) is 18.1 Å². The molecular formula is C25H35FN2O. The van der Waals surface area contributed by atoms with Crippen molar-refractivity contribution in [3.05, 3.63) is 41.8 Å². The van der Waals surface area contributed by atoms with Crippen LogP contribution in [0.1, 0.15) is 77.3 Å². The molecule has 0 N–H and O–H groups in total. The quantitative estimate of drug-likeness (QED) is 0.404. The lowest BCUT2D eigenvalue weighted by atomic mass is 9.79. The van der Waals surface area contributed by atoms with Gasteiger partial charge in [-0.15, -0.1) is 0 Å². The molecule has 158 valence electrons. The highest BCUT2D eigenvalue weighted by Gasteiger charge is 2.19. The van der Waals surface area contributed by atoms with Crippen LogP contribution in [0.2, 0.25) is 0 Å². The molecule has 1 heterocycles. The Morgan fingerprint density at radius 3 is 2.41 bits per heavy atom. The van der Waals surface area contributed by atoms with Crippen molar-refractivity contribution in [3.63, 3.8) is 0 Å². The van der Waals surface area contributed by atoms with Crippen LogP contribution >= 0.6 is 0 Å². The van der Waals surface area contributed by atoms with Crippen LogP contribution in [0.5, 0.6) is 5.75 Å². The van der Waals surface area contributed by atoms with E-state index < -0.39 is 0 Å². The van der Waals surface area contributed by atoms with Gasteiger partial charge in [0.2, 0.25) is 0 Å². The number of hydrogen-bond donors (Lipinski definition) is 0. The van der Waals surface area contributed by atoms with Crippen LogP contribution in [0.25, 0.3) is 11.3 Å². The zero-order valence-electron chi connectivity index (χ0n) is 18.0. The van der Waals surface area contributed by atoms with Gasteiger partial charge in [-0.05, 0) is 61.4 Å². The van der Waals surface area contributed by atoms with Crippen molar-refractivity contribution in [3.8, 4) is 17.0 Å². The number of ether oxygens (including phenoxy) is 1. The lowest BCUT2D eigenvalue weighted by molar-refractivity contribution is 0.258. The maximum atomic E-state index is 14.3. The molecule has 0 radical (unpaired) electrons. The van der Waals surface area contributed by atoms with E-state index in [9.17, 15) is 4.39 Å². The summed E-state index contributed by atoms with van der Waals surface area (Å²) in [5.41, 5.74) is 2.47. The van der Waals surface area contributed by atoms with Gasteiger partial charge in [-0.3, -0.25) is 0 Å². The summed E-state index contributed by atoms with van der Waals surface area (Å²) in [6.07, 6.45) is 12.2. The molecule has 0 spiro atoms. The average molecular weight is 399 g/mol. The molecule has 0 atom stereocenters. The van der Waals surface area contributed by atoms with Crippen LogP contribution < -0.4 is 4.74 Å². The fourth-order valence-electron chi connectivity index (χ4n) is 4.24. The van der Waals surface area contributed by atoms with Crippen LogP contribution in [0.15, 0.2) is 30.3 Å². The first-order chi connectivity index (χ1) is 14.2. The highest BCUT2D eigenvalue weighted by molar-refractivity contribution is 5.59. The van der Waals surface area contributed by atoms with Crippen molar-refractivity contribution >= 4 is 0 Å². The summed E-state index contributed by atoms with van der Waals surface area (Å²) in [7, 11) is 0. The normalized spacial score (nSPS) is 19.3. The van der Waals surface area contributed by atoms with Gasteiger partial charge in [-0.2, -0.15) is 10.2 Å². The lowest BCUT2D eigenvalue weighted by Crippen LogP contribution is -2.14. The van der Waals surface area contributed by atoms with Crippen molar-refractivity contribution in [2.24, 2.45) is 11.8 Å². The Morgan fingerprint density at radius 1 is 0.966 bits per heavy atom. The van der Waals surface area contributed by atoms with Gasteiger partial charge in [0, 0.05) is 5.56 Å². The predicted molar refractivity (Wildman–Crippen MR) is 117 cm³/mol. The van der Waals surface area contributed by atoms with E-state index in [1.807, 2.05) is 18.2 Å². The fourth-order valence-corrected chi connectivity index (χ4v) is 4.24. The topological polar surface area (TPSA) is 35.0 Å². The van der Waals surface area contributed by atoms with E-state index in [1.165, 1.54) is 44.6 Å². The third-order valence-corrected chi connectivity index (χ3v) is 6.31. The molecule has 1 fully saturated rings. The Kier molecular flexibility index (Phi) is 8.45. The number of unbranched alkanes of at least 4 members (excludes halogenated alkanes) is 2. The molecule has 1 aromatic heterocycles. The molecule has 1 aliphatic rings. The van der Waals surface area contributed by atoms with Crippen molar-refractivity contribution in [1.29, 1.82) is 0 Å². The Balaban J connectivity index is 1.51. The summed E-state index contributed by atoms with van der Waals surface area (Å²) in [5.74, 6) is 1.75. The number of benzene rings is 1. The summed E-state index contributed by atoms with van der Waals surface area (Å²) in [5, 5.41) is 8.73. The number of rotatable bonds is 10. The highest BCUT2D eigenvalue weighted by atomic mass is 19.1. The van der Waals surface area contributed by atoms with E-state index in [4.69, 9.17) is 4.74 Å². The zero-order chi connectivity index (χ0) is 20.5. The fraction of sp³-hybridized carbons (Fsp3) is 0.600. The SMILES string of the molecule is CCCCCOc1ccc(-c2ccc(CCC3CCC(CC)CC3)nn2)cc1F. The van der Waals surface area contributed by atoms with Gasteiger partial charge in [0.05, 0.1) is 18.0 Å². The van der Waals surface area contributed by atoms with E-state index in [-0.39, 0.29) is 5.82 Å². The molecule has 4 heteroatoms. The number of aryl methyl sites for hydroxylation is 1. The summed E-state index contributed by atoms with van der Waals surface area (Å²) < 4.78 is 19.9. The Bertz CT molecular complexity index is 739. The summed E-state index contributed by atoms with van der Waals surface area (Å²) in [6, 6.07) is 9.03. The first-order valence-corrected chi connectivity index (χ1v) is 11.4. The van der Waals surface area contributed by atoms with Gasteiger partial charge in [-0.25, -0.2) is 4.39 Å². The molecule has 1 aromatic carbocycles. The number of hydrogen-bond acceptors (Lipinski definition) is 3. The molecule has 0 saturated heterocycles. The summed E-state index contributed by atoms with van der Waals surface area (Å²) >= 11 is 0. The van der Waals surface area contributed by atoms with Gasteiger partial charge < -0.3 is 4.74 Å². The molecule has 29 heavy (non-hydrogen) atoms. The van der Waals surface area contributed by atoms with Crippen LogP contribution in [0.4, 0.5) is 4.39 Å². The van der Waals surface area contributed by atoms with Crippen molar-refractivity contribution in [1.82, 2.24) is 10.2 Å². The molecule has 1 aliphatic carbocycles. The smallest absolute Gasteiger partial charge is 0.165 e. The maximum Gasteiger partial charge on any atom is 0.165 e. The van der Waals surface area contributed by atoms with Crippen LogP contribution in [0.3, 0.4) is 0 Å². The molecule has 0 bridgehead atoms. The third-order valence-electron chi connectivity index (χ3n) is 6.31. The van der Waals surface area contributed by atoms with Crippen LogP contribution in [0, 0.1) is 17.7 Å². The largest absolute Gasteiger partial charge is 0.491 e. The Hall–Kier alpha value is -1.97. The first kappa shape index (κ1) is 21.7. The molecular weight excluding hydrogens is 363 g/mol.